The third-order valence-corrected chi connectivity index (χ3v) is 5.10. The van der Waals surface area contributed by atoms with E-state index in [2.05, 4.69) is 20.5 Å². The number of nitrogens with zero attached hydrogens (tertiary/aromatic N) is 4. The zero-order chi connectivity index (χ0) is 19.4. The van der Waals surface area contributed by atoms with Crippen molar-refractivity contribution in [2.24, 2.45) is 7.05 Å². The van der Waals surface area contributed by atoms with Gasteiger partial charge >= 0.3 is 0 Å². The Morgan fingerprint density at radius 1 is 1.15 bits per heavy atom. The SMILES string of the molecule is CC(=O)c1cccc(NC(=O)[C@@H](C)Sc2nnc(-c3ccncc3)n2C)c1. The number of Topliss-reactive ketones (excluding diaryl/α,β-unsaturated/α-hetero) is 1. The van der Waals surface area contributed by atoms with Gasteiger partial charge in [-0.25, -0.2) is 0 Å². The van der Waals surface area contributed by atoms with E-state index >= 15 is 0 Å². The lowest BCUT2D eigenvalue weighted by Gasteiger charge is -2.12. The molecule has 1 N–H and O–H groups in total. The standard InChI is InChI=1S/C19H19N5O2S/c1-12(25)15-5-4-6-16(11-15)21-18(26)13(2)27-19-23-22-17(24(19)3)14-7-9-20-10-8-14/h4-11,13H,1-3H3,(H,21,26)/t13-/m1/s1. The zero-order valence-electron chi connectivity index (χ0n) is 15.2. The fraction of sp³-hybridized carbons (Fsp3) is 0.211. The number of amides is 1. The number of carbonyl (C=O) groups excluding carboxylic acids is 2. The van der Waals surface area contributed by atoms with Crippen LogP contribution in [0.4, 0.5) is 5.69 Å². The van der Waals surface area contributed by atoms with E-state index in [4.69, 9.17) is 0 Å². The predicted octanol–water partition coefficient (Wildman–Crippen LogP) is 3.20. The smallest absolute Gasteiger partial charge is 0.237 e. The van der Waals surface area contributed by atoms with Crippen LogP contribution in [0.2, 0.25) is 0 Å². The van der Waals surface area contributed by atoms with Crippen molar-refractivity contribution >= 4 is 29.1 Å². The van der Waals surface area contributed by atoms with Gasteiger partial charge in [-0.15, -0.1) is 10.2 Å². The van der Waals surface area contributed by atoms with Crippen LogP contribution in [0.5, 0.6) is 0 Å². The zero-order valence-corrected chi connectivity index (χ0v) is 16.0. The summed E-state index contributed by atoms with van der Waals surface area (Å²) >= 11 is 1.32. The van der Waals surface area contributed by atoms with Crippen molar-refractivity contribution in [3.05, 3.63) is 54.4 Å². The fourth-order valence-electron chi connectivity index (χ4n) is 2.44. The summed E-state index contributed by atoms with van der Waals surface area (Å²) in [4.78, 5) is 28.0. The molecule has 2 aromatic heterocycles. The second kappa shape index (κ2) is 8.13. The molecule has 0 aliphatic carbocycles. The molecule has 3 aromatic rings. The molecular weight excluding hydrogens is 362 g/mol. The van der Waals surface area contributed by atoms with Crippen molar-refractivity contribution in [1.29, 1.82) is 0 Å². The van der Waals surface area contributed by atoms with E-state index in [1.165, 1.54) is 18.7 Å². The molecular formula is C19H19N5O2S. The molecule has 3 rings (SSSR count). The number of pyridine rings is 1. The van der Waals surface area contributed by atoms with Gasteiger partial charge < -0.3 is 9.88 Å². The first-order valence-corrected chi connectivity index (χ1v) is 9.22. The Hall–Kier alpha value is -3.00. The summed E-state index contributed by atoms with van der Waals surface area (Å²) in [5.74, 6) is 0.493. The van der Waals surface area contributed by atoms with E-state index in [9.17, 15) is 9.59 Å². The molecule has 0 bridgehead atoms. The van der Waals surface area contributed by atoms with Gasteiger partial charge in [0.2, 0.25) is 5.91 Å². The highest BCUT2D eigenvalue weighted by molar-refractivity contribution is 8.00. The average Bonchev–Trinajstić information content (AvgIpc) is 3.03. The summed E-state index contributed by atoms with van der Waals surface area (Å²) in [5.41, 5.74) is 2.06. The van der Waals surface area contributed by atoms with Gasteiger partial charge in [-0.05, 0) is 38.1 Å². The van der Waals surface area contributed by atoms with E-state index in [1.807, 2.05) is 23.7 Å². The molecule has 0 aliphatic heterocycles. The molecule has 1 atom stereocenters. The minimum atomic E-state index is -0.390. The number of benzene rings is 1. The van der Waals surface area contributed by atoms with Crippen LogP contribution < -0.4 is 5.32 Å². The third kappa shape index (κ3) is 4.40. The van der Waals surface area contributed by atoms with Crippen LogP contribution in [0, 0.1) is 0 Å². The number of nitrogens with one attached hydrogen (secondary N) is 1. The minimum Gasteiger partial charge on any atom is -0.325 e. The lowest BCUT2D eigenvalue weighted by molar-refractivity contribution is -0.115. The summed E-state index contributed by atoms with van der Waals surface area (Å²) in [6, 6.07) is 10.6. The highest BCUT2D eigenvalue weighted by Gasteiger charge is 2.19. The van der Waals surface area contributed by atoms with Gasteiger partial charge in [0.25, 0.3) is 0 Å². The normalized spacial score (nSPS) is 11.8. The largest absolute Gasteiger partial charge is 0.325 e. The number of thioether (sulfide) groups is 1. The summed E-state index contributed by atoms with van der Waals surface area (Å²) in [6.45, 7) is 3.30. The van der Waals surface area contributed by atoms with Crippen LogP contribution >= 0.6 is 11.8 Å². The average molecular weight is 381 g/mol. The van der Waals surface area contributed by atoms with Crippen LogP contribution in [0.15, 0.2) is 53.9 Å². The molecule has 2 heterocycles. The van der Waals surface area contributed by atoms with Gasteiger partial charge in [0, 0.05) is 36.3 Å². The topological polar surface area (TPSA) is 89.8 Å². The second-order valence-electron chi connectivity index (χ2n) is 5.99. The van der Waals surface area contributed by atoms with Crippen LogP contribution in [-0.2, 0) is 11.8 Å². The van der Waals surface area contributed by atoms with Crippen molar-refractivity contribution in [2.45, 2.75) is 24.3 Å². The van der Waals surface area contributed by atoms with Gasteiger partial charge in [0.15, 0.2) is 16.8 Å². The molecule has 138 valence electrons. The third-order valence-electron chi connectivity index (χ3n) is 3.96. The van der Waals surface area contributed by atoms with E-state index in [1.54, 1.807) is 43.6 Å². The van der Waals surface area contributed by atoms with E-state index in [-0.39, 0.29) is 16.9 Å². The quantitative estimate of drug-likeness (QED) is 0.521. The molecule has 0 fully saturated rings. The van der Waals surface area contributed by atoms with Gasteiger partial charge in [-0.2, -0.15) is 0 Å². The molecule has 0 unspecified atom stereocenters. The Kier molecular flexibility index (Phi) is 5.66. The lowest BCUT2D eigenvalue weighted by atomic mass is 10.1. The molecule has 8 heteroatoms. The summed E-state index contributed by atoms with van der Waals surface area (Å²) in [7, 11) is 1.86. The molecule has 0 saturated heterocycles. The monoisotopic (exact) mass is 381 g/mol. The Balaban J connectivity index is 1.69. The Morgan fingerprint density at radius 2 is 1.89 bits per heavy atom. The number of carbonyl (C=O) groups is 2. The summed E-state index contributed by atoms with van der Waals surface area (Å²) < 4.78 is 1.85. The maximum Gasteiger partial charge on any atom is 0.237 e. The second-order valence-corrected chi connectivity index (χ2v) is 7.30. The molecule has 1 amide bonds. The van der Waals surface area contributed by atoms with Crippen molar-refractivity contribution in [3.8, 4) is 11.4 Å². The van der Waals surface area contributed by atoms with Gasteiger partial charge in [0.05, 0.1) is 5.25 Å². The highest BCUT2D eigenvalue weighted by Crippen LogP contribution is 2.26. The first kappa shape index (κ1) is 18.8. The first-order valence-electron chi connectivity index (χ1n) is 8.34. The van der Waals surface area contributed by atoms with Crippen molar-refractivity contribution < 1.29 is 9.59 Å². The number of hydrogen-bond acceptors (Lipinski definition) is 6. The molecule has 1 aromatic carbocycles. The molecule has 0 spiro atoms. The van der Waals surface area contributed by atoms with Crippen LogP contribution in [0.3, 0.4) is 0 Å². The van der Waals surface area contributed by atoms with Crippen molar-refractivity contribution in [2.75, 3.05) is 5.32 Å². The number of rotatable bonds is 6. The van der Waals surface area contributed by atoms with Crippen LogP contribution in [-0.4, -0.2) is 36.7 Å². The van der Waals surface area contributed by atoms with Crippen LogP contribution in [0.25, 0.3) is 11.4 Å². The van der Waals surface area contributed by atoms with E-state index < -0.39 is 0 Å². The minimum absolute atomic E-state index is 0.0451. The number of ketones is 1. The van der Waals surface area contributed by atoms with E-state index in [0.29, 0.717) is 22.2 Å². The number of hydrogen-bond donors (Lipinski definition) is 1. The lowest BCUT2D eigenvalue weighted by Crippen LogP contribution is -2.23. The van der Waals surface area contributed by atoms with Crippen molar-refractivity contribution in [1.82, 2.24) is 19.7 Å². The molecule has 0 radical (unpaired) electrons. The molecule has 0 saturated carbocycles. The van der Waals surface area contributed by atoms with E-state index in [0.717, 1.165) is 5.56 Å². The summed E-state index contributed by atoms with van der Waals surface area (Å²) in [5, 5.41) is 11.5. The number of anilines is 1. The van der Waals surface area contributed by atoms with Gasteiger partial charge in [-0.1, -0.05) is 23.9 Å². The highest BCUT2D eigenvalue weighted by atomic mass is 32.2. The maximum atomic E-state index is 12.5. The van der Waals surface area contributed by atoms with Gasteiger partial charge in [0.1, 0.15) is 0 Å². The fourth-order valence-corrected chi connectivity index (χ4v) is 3.26. The maximum absolute atomic E-state index is 12.5. The van der Waals surface area contributed by atoms with Gasteiger partial charge in [-0.3, -0.25) is 14.6 Å². The van der Waals surface area contributed by atoms with Crippen molar-refractivity contribution in [3.63, 3.8) is 0 Å². The predicted molar refractivity (Wildman–Crippen MR) is 105 cm³/mol. The molecule has 27 heavy (non-hydrogen) atoms. The summed E-state index contributed by atoms with van der Waals surface area (Å²) in [6.07, 6.45) is 3.39. The Morgan fingerprint density at radius 3 is 2.59 bits per heavy atom. The molecule has 7 nitrogen and oxygen atoms in total. The molecule has 0 aliphatic rings. The Bertz CT molecular complexity index is 971. The number of aromatic nitrogens is 4. The van der Waals surface area contributed by atoms with Crippen LogP contribution in [0.1, 0.15) is 24.2 Å². The Labute approximate surface area is 161 Å². The first-order chi connectivity index (χ1) is 13.0.